The van der Waals surface area contributed by atoms with E-state index < -0.39 is 0 Å². The lowest BCUT2D eigenvalue weighted by molar-refractivity contribution is 0.0371. The molecule has 2 aromatic carbocycles. The third kappa shape index (κ3) is 7.73. The van der Waals surface area contributed by atoms with Crippen molar-refractivity contribution < 1.29 is 9.47 Å². The summed E-state index contributed by atoms with van der Waals surface area (Å²) in [5, 5.41) is 0. The van der Waals surface area contributed by atoms with Gasteiger partial charge in [0.25, 0.3) is 0 Å². The van der Waals surface area contributed by atoms with Crippen molar-refractivity contribution in [2.45, 2.75) is 26.4 Å². The largest absolute Gasteiger partial charge is 0.379 e. The molecular formula is C21H29NO2. The summed E-state index contributed by atoms with van der Waals surface area (Å²) in [6.07, 6.45) is 1.06. The highest BCUT2D eigenvalue weighted by Gasteiger charge is 2.07. The summed E-state index contributed by atoms with van der Waals surface area (Å²) < 4.78 is 11.2. The number of ether oxygens (including phenoxy) is 2. The highest BCUT2D eigenvalue weighted by Crippen LogP contribution is 2.09. The van der Waals surface area contributed by atoms with Gasteiger partial charge in [-0.15, -0.1) is 0 Å². The van der Waals surface area contributed by atoms with E-state index in [0.717, 1.165) is 39.3 Å². The highest BCUT2D eigenvalue weighted by atomic mass is 16.5. The van der Waals surface area contributed by atoms with Crippen molar-refractivity contribution in [3.63, 3.8) is 0 Å². The lowest BCUT2D eigenvalue weighted by atomic mass is 10.1. The minimum absolute atomic E-state index is 0.671. The third-order valence-corrected chi connectivity index (χ3v) is 3.77. The molecule has 0 heterocycles. The van der Waals surface area contributed by atoms with E-state index in [1.807, 2.05) is 0 Å². The molecule has 0 aliphatic carbocycles. The van der Waals surface area contributed by atoms with E-state index in [1.54, 1.807) is 0 Å². The molecule has 0 spiro atoms. The minimum Gasteiger partial charge on any atom is -0.379 e. The first kappa shape index (κ1) is 18.7. The van der Waals surface area contributed by atoms with Crippen LogP contribution in [0, 0.1) is 0 Å². The SMILES string of the molecule is CCCOCCOCCN(Cc1ccccc1)Cc1ccccc1. The number of rotatable bonds is 12. The molecule has 0 amide bonds. The first-order valence-corrected chi connectivity index (χ1v) is 8.84. The van der Waals surface area contributed by atoms with E-state index in [-0.39, 0.29) is 0 Å². The molecule has 0 saturated heterocycles. The maximum Gasteiger partial charge on any atom is 0.0701 e. The molecule has 2 rings (SSSR count). The van der Waals surface area contributed by atoms with Crippen LogP contribution in [0.3, 0.4) is 0 Å². The Morgan fingerprint density at radius 3 is 1.67 bits per heavy atom. The molecule has 0 aliphatic heterocycles. The van der Waals surface area contributed by atoms with Crippen LogP contribution in [-0.2, 0) is 22.6 Å². The number of nitrogens with zero attached hydrogens (tertiary/aromatic N) is 1. The van der Waals surface area contributed by atoms with Crippen molar-refractivity contribution in [2.24, 2.45) is 0 Å². The van der Waals surface area contributed by atoms with Crippen LogP contribution in [0.4, 0.5) is 0 Å². The van der Waals surface area contributed by atoms with Crippen molar-refractivity contribution in [1.29, 1.82) is 0 Å². The Labute approximate surface area is 146 Å². The van der Waals surface area contributed by atoms with Crippen molar-refractivity contribution in [2.75, 3.05) is 33.0 Å². The van der Waals surface area contributed by atoms with Crippen LogP contribution in [0.15, 0.2) is 60.7 Å². The minimum atomic E-state index is 0.671. The molecular weight excluding hydrogens is 298 g/mol. The molecule has 2 aromatic rings. The summed E-state index contributed by atoms with van der Waals surface area (Å²) in [5.74, 6) is 0. The first-order chi connectivity index (χ1) is 11.9. The second-order valence-electron chi connectivity index (χ2n) is 5.91. The normalized spacial score (nSPS) is 11.1. The Morgan fingerprint density at radius 1 is 0.667 bits per heavy atom. The third-order valence-electron chi connectivity index (χ3n) is 3.77. The van der Waals surface area contributed by atoms with Gasteiger partial charge in [-0.2, -0.15) is 0 Å². The monoisotopic (exact) mass is 327 g/mol. The standard InChI is InChI=1S/C21H29NO2/c1-2-14-23-16-17-24-15-13-22(18-20-9-5-3-6-10-20)19-21-11-7-4-8-12-21/h3-12H,2,13-19H2,1H3. The molecule has 24 heavy (non-hydrogen) atoms. The van der Waals surface area contributed by atoms with Gasteiger partial charge in [-0.05, 0) is 17.5 Å². The summed E-state index contributed by atoms with van der Waals surface area (Å²) in [4.78, 5) is 2.43. The molecule has 0 aromatic heterocycles. The van der Waals surface area contributed by atoms with Crippen LogP contribution in [-0.4, -0.2) is 37.9 Å². The van der Waals surface area contributed by atoms with Gasteiger partial charge in [0.2, 0.25) is 0 Å². The molecule has 0 fully saturated rings. The summed E-state index contributed by atoms with van der Waals surface area (Å²) in [6, 6.07) is 21.2. The number of benzene rings is 2. The topological polar surface area (TPSA) is 21.7 Å². The van der Waals surface area contributed by atoms with Crippen LogP contribution < -0.4 is 0 Å². The average molecular weight is 327 g/mol. The van der Waals surface area contributed by atoms with Gasteiger partial charge in [-0.3, -0.25) is 4.90 Å². The second kappa shape index (κ2) is 11.8. The van der Waals surface area contributed by atoms with E-state index in [9.17, 15) is 0 Å². The Kier molecular flexibility index (Phi) is 9.17. The second-order valence-corrected chi connectivity index (χ2v) is 5.91. The lowest BCUT2D eigenvalue weighted by Gasteiger charge is -2.22. The predicted molar refractivity (Wildman–Crippen MR) is 98.9 cm³/mol. The zero-order valence-corrected chi connectivity index (χ0v) is 14.7. The average Bonchev–Trinajstić information content (AvgIpc) is 2.62. The van der Waals surface area contributed by atoms with Gasteiger partial charge in [-0.1, -0.05) is 67.6 Å². The Hall–Kier alpha value is -1.68. The van der Waals surface area contributed by atoms with Gasteiger partial charge in [0.15, 0.2) is 0 Å². The molecule has 0 bridgehead atoms. The van der Waals surface area contributed by atoms with E-state index in [1.165, 1.54) is 11.1 Å². The van der Waals surface area contributed by atoms with E-state index in [2.05, 4.69) is 72.5 Å². The molecule has 0 aliphatic rings. The number of hydrogen-bond donors (Lipinski definition) is 0. The molecule has 3 heteroatoms. The van der Waals surface area contributed by atoms with Crippen molar-refractivity contribution in [3.8, 4) is 0 Å². The fourth-order valence-corrected chi connectivity index (χ4v) is 2.56. The van der Waals surface area contributed by atoms with Crippen molar-refractivity contribution in [1.82, 2.24) is 4.90 Å². The predicted octanol–water partition coefficient (Wildman–Crippen LogP) is 4.13. The van der Waals surface area contributed by atoms with E-state index in [4.69, 9.17) is 9.47 Å². The molecule has 0 atom stereocenters. The van der Waals surface area contributed by atoms with E-state index >= 15 is 0 Å². The van der Waals surface area contributed by atoms with Crippen LogP contribution in [0.1, 0.15) is 24.5 Å². The van der Waals surface area contributed by atoms with E-state index in [0.29, 0.717) is 13.2 Å². The van der Waals surface area contributed by atoms with Crippen LogP contribution in [0.2, 0.25) is 0 Å². The van der Waals surface area contributed by atoms with Gasteiger partial charge in [0.05, 0.1) is 19.8 Å². The fraction of sp³-hybridized carbons (Fsp3) is 0.429. The Balaban J connectivity index is 1.79. The molecule has 3 nitrogen and oxygen atoms in total. The summed E-state index contributed by atoms with van der Waals surface area (Å²) >= 11 is 0. The van der Waals surface area contributed by atoms with Crippen LogP contribution in [0.5, 0.6) is 0 Å². The van der Waals surface area contributed by atoms with Gasteiger partial charge in [-0.25, -0.2) is 0 Å². The smallest absolute Gasteiger partial charge is 0.0701 e. The zero-order valence-electron chi connectivity index (χ0n) is 14.7. The highest BCUT2D eigenvalue weighted by molar-refractivity contribution is 5.17. The first-order valence-electron chi connectivity index (χ1n) is 8.84. The van der Waals surface area contributed by atoms with Gasteiger partial charge in [0.1, 0.15) is 0 Å². The Morgan fingerprint density at radius 2 is 1.17 bits per heavy atom. The van der Waals surface area contributed by atoms with Crippen molar-refractivity contribution in [3.05, 3.63) is 71.8 Å². The molecule has 0 N–H and O–H groups in total. The summed E-state index contributed by atoms with van der Waals surface area (Å²) in [6.45, 7) is 7.81. The van der Waals surface area contributed by atoms with Crippen molar-refractivity contribution >= 4 is 0 Å². The molecule has 130 valence electrons. The molecule has 0 saturated carbocycles. The Bertz CT molecular complexity index is 489. The maximum absolute atomic E-state index is 5.72. The number of hydrogen-bond acceptors (Lipinski definition) is 3. The quantitative estimate of drug-likeness (QED) is 0.547. The maximum atomic E-state index is 5.72. The van der Waals surface area contributed by atoms with Gasteiger partial charge < -0.3 is 9.47 Å². The molecule has 0 radical (unpaired) electrons. The summed E-state index contributed by atoms with van der Waals surface area (Å²) in [5.41, 5.74) is 2.67. The molecule has 0 unspecified atom stereocenters. The lowest BCUT2D eigenvalue weighted by Crippen LogP contribution is -2.27. The fourth-order valence-electron chi connectivity index (χ4n) is 2.56. The zero-order chi connectivity index (χ0) is 16.9. The van der Waals surface area contributed by atoms with Crippen LogP contribution in [0.25, 0.3) is 0 Å². The van der Waals surface area contributed by atoms with Gasteiger partial charge >= 0.3 is 0 Å². The van der Waals surface area contributed by atoms with Crippen LogP contribution >= 0.6 is 0 Å². The summed E-state index contributed by atoms with van der Waals surface area (Å²) in [7, 11) is 0. The van der Waals surface area contributed by atoms with Gasteiger partial charge in [0, 0.05) is 26.2 Å².